The van der Waals surface area contributed by atoms with Crippen LogP contribution in [0.1, 0.15) is 28.5 Å². The lowest BCUT2D eigenvalue weighted by molar-refractivity contribution is -0.114. The smallest absolute Gasteiger partial charge is 0.253 e. The molecule has 0 bridgehead atoms. The Hall–Kier alpha value is -3.83. The molecule has 0 atom stereocenters. The third kappa shape index (κ3) is 4.41. The highest BCUT2D eigenvalue weighted by molar-refractivity contribution is 7.19. The van der Waals surface area contributed by atoms with Crippen LogP contribution in [0, 0.1) is 0 Å². The van der Waals surface area contributed by atoms with Gasteiger partial charge in [0.25, 0.3) is 5.91 Å². The predicted octanol–water partition coefficient (Wildman–Crippen LogP) is 1.76. The molecule has 1 saturated heterocycles. The molecule has 1 N–H and O–H groups in total. The van der Waals surface area contributed by atoms with Crippen molar-refractivity contribution in [2.24, 2.45) is 0 Å². The summed E-state index contributed by atoms with van der Waals surface area (Å²) in [4.78, 5) is 39.1. The number of hydrogen-bond donors (Lipinski definition) is 1. The van der Waals surface area contributed by atoms with Crippen LogP contribution in [-0.4, -0.2) is 82.4 Å². The highest BCUT2D eigenvalue weighted by atomic mass is 32.1. The average Bonchev–Trinajstić information content (AvgIpc) is 3.50. The number of nitrogens with zero attached hydrogens (tertiary/aromatic N) is 6. The van der Waals surface area contributed by atoms with E-state index >= 15 is 0 Å². The van der Waals surface area contributed by atoms with Crippen LogP contribution in [0.15, 0.2) is 42.7 Å². The number of fused-ring (bicyclic) bond motifs is 3. The molecule has 2 amide bonds. The fourth-order valence-corrected chi connectivity index (χ4v) is 6.32. The Morgan fingerprint density at radius 1 is 1.11 bits per heavy atom. The molecule has 0 spiro atoms. The van der Waals surface area contributed by atoms with Gasteiger partial charge in [0.2, 0.25) is 5.91 Å². The van der Waals surface area contributed by atoms with Crippen molar-refractivity contribution in [2.45, 2.75) is 19.8 Å². The fraction of sp³-hybridized carbons (Fsp3) is 0.296. The summed E-state index contributed by atoms with van der Waals surface area (Å²) in [5, 5.41) is 8.54. The van der Waals surface area contributed by atoms with Crippen LogP contribution in [0.5, 0.6) is 0 Å². The van der Waals surface area contributed by atoms with Gasteiger partial charge in [0.15, 0.2) is 5.13 Å². The highest BCUT2D eigenvalue weighted by Crippen LogP contribution is 2.43. The number of piperazine rings is 1. The molecule has 38 heavy (non-hydrogen) atoms. The van der Waals surface area contributed by atoms with Gasteiger partial charge in [-0.15, -0.1) is 0 Å². The third-order valence-electron chi connectivity index (χ3n) is 7.19. The molecule has 2 aliphatic rings. The highest BCUT2D eigenvalue weighted by Gasteiger charge is 2.30. The molecule has 0 radical (unpaired) electrons. The number of carbonyl (C=O) groups is 2. The number of carbonyl (C=O) groups excluding carboxylic acids is 2. The lowest BCUT2D eigenvalue weighted by Crippen LogP contribution is -2.47. The van der Waals surface area contributed by atoms with Crippen molar-refractivity contribution in [3.8, 4) is 27.5 Å². The maximum atomic E-state index is 13.2. The first-order valence-electron chi connectivity index (χ1n) is 12.8. The van der Waals surface area contributed by atoms with Crippen LogP contribution >= 0.6 is 11.3 Å². The number of likely N-dealkylation sites (N-methyl/N-ethyl adjacent to an activating group) is 1. The van der Waals surface area contributed by atoms with Crippen LogP contribution in [0.25, 0.3) is 27.5 Å². The minimum absolute atomic E-state index is 0.0657. The number of anilines is 1. The van der Waals surface area contributed by atoms with Gasteiger partial charge < -0.3 is 15.1 Å². The summed E-state index contributed by atoms with van der Waals surface area (Å²) < 4.78 is 1.98. The van der Waals surface area contributed by atoms with Gasteiger partial charge in [-0.3, -0.25) is 14.6 Å². The fourth-order valence-electron chi connectivity index (χ4n) is 5.20. The van der Waals surface area contributed by atoms with E-state index in [-0.39, 0.29) is 11.8 Å². The Morgan fingerprint density at radius 2 is 1.92 bits per heavy atom. The Labute approximate surface area is 225 Å². The molecule has 1 fully saturated rings. The van der Waals surface area contributed by atoms with Crippen molar-refractivity contribution in [1.29, 1.82) is 0 Å². The van der Waals surface area contributed by atoms with Gasteiger partial charge in [-0.05, 0) is 44.2 Å². The van der Waals surface area contributed by atoms with Crippen LogP contribution in [-0.2, 0) is 17.6 Å². The molecule has 9 nitrogen and oxygen atoms in total. The number of aromatic nitrogens is 4. The number of thiazole rings is 1. The first-order chi connectivity index (χ1) is 18.4. The van der Waals surface area contributed by atoms with Gasteiger partial charge in [0.1, 0.15) is 7.85 Å². The lowest BCUT2D eigenvalue weighted by atomic mass is 9.91. The van der Waals surface area contributed by atoms with Crippen molar-refractivity contribution < 1.29 is 9.59 Å². The summed E-state index contributed by atoms with van der Waals surface area (Å²) in [6, 6.07) is 9.80. The van der Waals surface area contributed by atoms with Gasteiger partial charge in [0, 0.05) is 62.2 Å². The third-order valence-corrected chi connectivity index (χ3v) is 8.21. The maximum Gasteiger partial charge on any atom is 0.253 e. The van der Waals surface area contributed by atoms with Gasteiger partial charge in [-0.1, -0.05) is 22.9 Å². The average molecular weight is 525 g/mol. The van der Waals surface area contributed by atoms with E-state index in [4.69, 9.17) is 10.1 Å². The monoisotopic (exact) mass is 525 g/mol. The number of hydrogen-bond acceptors (Lipinski definition) is 7. The van der Waals surface area contributed by atoms with Gasteiger partial charge in [-0.2, -0.15) is 5.10 Å². The predicted molar refractivity (Wildman–Crippen MR) is 151 cm³/mol. The van der Waals surface area contributed by atoms with Crippen molar-refractivity contribution >= 4 is 41.6 Å². The van der Waals surface area contributed by atoms with Crippen LogP contribution in [0.4, 0.5) is 5.13 Å². The molecule has 4 heterocycles. The number of rotatable bonds is 4. The Bertz CT molecular complexity index is 1540. The number of amides is 2. The molecular weight excluding hydrogens is 497 g/mol. The van der Waals surface area contributed by atoms with Gasteiger partial charge in [0.05, 0.1) is 27.6 Å². The van der Waals surface area contributed by atoms with Gasteiger partial charge in [-0.25, -0.2) is 9.67 Å². The van der Waals surface area contributed by atoms with E-state index in [2.05, 4.69) is 22.2 Å². The molecule has 1 aromatic carbocycles. The van der Waals surface area contributed by atoms with Crippen molar-refractivity contribution in [1.82, 2.24) is 29.5 Å². The largest absolute Gasteiger partial charge is 0.336 e. The molecule has 192 valence electrons. The van der Waals surface area contributed by atoms with Crippen LogP contribution in [0.2, 0.25) is 0 Å². The first-order valence-corrected chi connectivity index (χ1v) is 13.6. The summed E-state index contributed by atoms with van der Waals surface area (Å²) in [7, 11) is 4.10. The zero-order valence-electron chi connectivity index (χ0n) is 21.7. The maximum absolute atomic E-state index is 13.2. The molecule has 11 heteroatoms. The molecule has 1 aliphatic heterocycles. The second-order valence-electron chi connectivity index (χ2n) is 9.90. The van der Waals surface area contributed by atoms with Crippen molar-refractivity contribution in [2.75, 3.05) is 38.5 Å². The topological polar surface area (TPSA) is 96.3 Å². The second-order valence-corrected chi connectivity index (χ2v) is 10.9. The molecule has 0 unspecified atom stereocenters. The van der Waals surface area contributed by atoms with E-state index in [9.17, 15) is 9.59 Å². The Morgan fingerprint density at radius 3 is 2.63 bits per heavy atom. The second kappa shape index (κ2) is 9.81. The van der Waals surface area contributed by atoms with E-state index in [1.165, 1.54) is 18.3 Å². The number of nitrogens with one attached hydrogen (secondary N) is 1. The molecule has 0 saturated carbocycles. The van der Waals surface area contributed by atoms with E-state index in [1.54, 1.807) is 6.20 Å². The minimum atomic E-state index is -0.141. The first kappa shape index (κ1) is 24.5. The molecule has 1 aliphatic carbocycles. The van der Waals surface area contributed by atoms with E-state index in [0.717, 1.165) is 83.3 Å². The normalized spacial score (nSPS) is 15.2. The van der Waals surface area contributed by atoms with Crippen molar-refractivity contribution in [3.63, 3.8) is 0 Å². The summed E-state index contributed by atoms with van der Waals surface area (Å²) >= 11 is 1.47. The lowest BCUT2D eigenvalue weighted by Gasteiger charge is -2.32. The quantitative estimate of drug-likeness (QED) is 0.408. The number of benzene rings is 1. The number of pyridine rings is 1. The minimum Gasteiger partial charge on any atom is -0.336 e. The van der Waals surface area contributed by atoms with Gasteiger partial charge >= 0.3 is 0 Å². The standard InChI is InChI=1S/C27H28BN7O2S/c1-16(36)30-27-31-21-7-6-19-23(18-4-3-9-29-15-18)32-35(24(19)25(21)38-27)22-8-5-17(14-20(22)28)26(37)34-12-10-33(2)11-13-34/h3-5,8-9,14-15H,6-7,10-13,28H2,1-2H3,(H,30,31,36). The van der Waals surface area contributed by atoms with E-state index in [1.807, 2.05) is 54.0 Å². The molecule has 3 aromatic heterocycles. The molecule has 4 aromatic rings. The molecule has 6 rings (SSSR count). The Kier molecular flexibility index (Phi) is 6.33. The SMILES string of the molecule is Bc1cc(C(=O)N2CCN(C)CC2)ccc1-n1nc(-c2cccnc2)c2c1-c1sc(NC(C)=O)nc1CC2. The molecular formula is C27H28BN7O2S. The summed E-state index contributed by atoms with van der Waals surface area (Å²) in [6.45, 7) is 4.74. The zero-order chi connectivity index (χ0) is 26.4. The van der Waals surface area contributed by atoms with Crippen molar-refractivity contribution in [3.05, 3.63) is 59.5 Å². The van der Waals surface area contributed by atoms with Crippen LogP contribution in [0.3, 0.4) is 0 Å². The van der Waals surface area contributed by atoms with E-state index < -0.39 is 0 Å². The summed E-state index contributed by atoms with van der Waals surface area (Å²) in [5.74, 6) is -0.0756. The number of aryl methyl sites for hydroxylation is 1. The van der Waals surface area contributed by atoms with E-state index in [0.29, 0.717) is 10.7 Å². The summed E-state index contributed by atoms with van der Waals surface area (Å²) in [6.07, 6.45) is 5.15. The zero-order valence-corrected chi connectivity index (χ0v) is 22.5. The Balaban J connectivity index is 1.44. The van der Waals surface area contributed by atoms with Crippen LogP contribution < -0.4 is 10.8 Å². The summed E-state index contributed by atoms with van der Waals surface area (Å²) in [5.41, 5.74) is 7.50.